The lowest BCUT2D eigenvalue weighted by Gasteiger charge is -2.18. The Kier molecular flexibility index (Phi) is 5.69. The van der Waals surface area contributed by atoms with Gasteiger partial charge in [0.2, 0.25) is 0 Å². The highest BCUT2D eigenvalue weighted by molar-refractivity contribution is 5.38. The van der Waals surface area contributed by atoms with Crippen molar-refractivity contribution in [1.29, 1.82) is 0 Å². The summed E-state index contributed by atoms with van der Waals surface area (Å²) in [6.07, 6.45) is 1.14. The lowest BCUT2D eigenvalue weighted by Crippen LogP contribution is -2.20. The average molecular weight is 284 g/mol. The van der Waals surface area contributed by atoms with Crippen molar-refractivity contribution < 1.29 is 0 Å². The van der Waals surface area contributed by atoms with Crippen molar-refractivity contribution in [3.05, 3.63) is 53.5 Å². The molecule has 0 fully saturated rings. The molecule has 2 aromatic heterocycles. The number of nitrogens with one attached hydrogen (secondary N) is 1. The van der Waals surface area contributed by atoms with Gasteiger partial charge in [-0.2, -0.15) is 0 Å². The van der Waals surface area contributed by atoms with E-state index < -0.39 is 0 Å². The molecule has 2 rings (SSSR count). The largest absolute Gasteiger partial charge is 0.354 e. The molecule has 0 amide bonds. The normalized spacial score (nSPS) is 10.6. The minimum atomic E-state index is 0.764. The van der Waals surface area contributed by atoms with Crippen molar-refractivity contribution in [3.8, 4) is 0 Å². The minimum Gasteiger partial charge on any atom is -0.354 e. The predicted octanol–water partition coefficient (Wildman–Crippen LogP) is 2.92. The van der Waals surface area contributed by atoms with Gasteiger partial charge >= 0.3 is 0 Å². The van der Waals surface area contributed by atoms with Crippen LogP contribution < -0.4 is 10.2 Å². The third-order valence-electron chi connectivity index (χ3n) is 3.26. The van der Waals surface area contributed by atoms with Crippen molar-refractivity contribution in [3.63, 3.8) is 0 Å². The number of rotatable bonds is 7. The smallest absolute Gasteiger partial charge is 0.128 e. The molecular formula is C17H24N4. The molecule has 21 heavy (non-hydrogen) atoms. The fourth-order valence-electron chi connectivity index (χ4n) is 2.18. The summed E-state index contributed by atoms with van der Waals surface area (Å²) in [5.41, 5.74) is 3.19. The van der Waals surface area contributed by atoms with Crippen molar-refractivity contribution in [2.75, 3.05) is 18.5 Å². The van der Waals surface area contributed by atoms with Gasteiger partial charge in [-0.05, 0) is 44.2 Å². The molecule has 0 spiro atoms. The fraction of sp³-hybridized carbons (Fsp3) is 0.412. The molecule has 0 unspecified atom stereocenters. The molecule has 0 saturated carbocycles. The Balaban J connectivity index is 2.01. The van der Waals surface area contributed by atoms with Crippen molar-refractivity contribution in [1.82, 2.24) is 15.3 Å². The van der Waals surface area contributed by atoms with E-state index in [1.165, 1.54) is 0 Å². The number of nitrogens with zero attached hydrogens (tertiary/aromatic N) is 3. The molecule has 112 valence electrons. The number of aryl methyl sites for hydroxylation is 1. The number of pyridine rings is 2. The first kappa shape index (κ1) is 15.4. The van der Waals surface area contributed by atoms with E-state index in [1.54, 1.807) is 0 Å². The van der Waals surface area contributed by atoms with Crippen LogP contribution in [0.25, 0.3) is 0 Å². The lowest BCUT2D eigenvalue weighted by molar-refractivity contribution is 0.663. The summed E-state index contributed by atoms with van der Waals surface area (Å²) < 4.78 is 0. The molecular weight excluding hydrogens is 260 g/mol. The summed E-state index contributed by atoms with van der Waals surface area (Å²) in [5.74, 6) is 0.981. The van der Waals surface area contributed by atoms with Gasteiger partial charge in [-0.15, -0.1) is 0 Å². The molecule has 4 nitrogen and oxygen atoms in total. The summed E-state index contributed by atoms with van der Waals surface area (Å²) in [7, 11) is 2.05. The van der Waals surface area contributed by atoms with Crippen LogP contribution in [0.1, 0.15) is 30.4 Å². The number of anilines is 1. The Bertz CT molecular complexity index is 568. The second-order valence-electron chi connectivity index (χ2n) is 5.29. The quantitative estimate of drug-likeness (QED) is 0.794. The number of aromatic nitrogens is 2. The maximum absolute atomic E-state index is 4.70. The van der Waals surface area contributed by atoms with Crippen LogP contribution in [0.5, 0.6) is 0 Å². The van der Waals surface area contributed by atoms with Crippen LogP contribution >= 0.6 is 0 Å². The van der Waals surface area contributed by atoms with Gasteiger partial charge in [0.05, 0.1) is 17.9 Å². The molecule has 0 bridgehead atoms. The van der Waals surface area contributed by atoms with Gasteiger partial charge in [-0.3, -0.25) is 4.98 Å². The number of hydrogen-bond acceptors (Lipinski definition) is 4. The summed E-state index contributed by atoms with van der Waals surface area (Å²) in [6, 6.07) is 12.3. The predicted molar refractivity (Wildman–Crippen MR) is 87.3 cm³/mol. The first-order valence-electron chi connectivity index (χ1n) is 7.49. The van der Waals surface area contributed by atoms with Crippen LogP contribution in [0.4, 0.5) is 5.82 Å². The van der Waals surface area contributed by atoms with Gasteiger partial charge in [-0.1, -0.05) is 19.1 Å². The molecule has 2 aromatic rings. The lowest BCUT2D eigenvalue weighted by atomic mass is 10.3. The van der Waals surface area contributed by atoms with E-state index >= 15 is 0 Å². The summed E-state index contributed by atoms with van der Waals surface area (Å²) >= 11 is 0. The van der Waals surface area contributed by atoms with Crippen LogP contribution in [0, 0.1) is 6.92 Å². The van der Waals surface area contributed by atoms with Gasteiger partial charge in [0, 0.05) is 19.3 Å². The third-order valence-corrected chi connectivity index (χ3v) is 3.26. The molecule has 0 aromatic carbocycles. The first-order chi connectivity index (χ1) is 10.2. The Morgan fingerprint density at radius 3 is 2.57 bits per heavy atom. The van der Waals surface area contributed by atoms with E-state index in [-0.39, 0.29) is 0 Å². The van der Waals surface area contributed by atoms with E-state index in [0.717, 1.165) is 49.0 Å². The molecule has 4 heteroatoms. The second-order valence-corrected chi connectivity index (χ2v) is 5.29. The number of hydrogen-bond donors (Lipinski definition) is 1. The van der Waals surface area contributed by atoms with E-state index in [1.807, 2.05) is 25.1 Å². The van der Waals surface area contributed by atoms with Gasteiger partial charge in [0.15, 0.2) is 0 Å². The van der Waals surface area contributed by atoms with Crippen LogP contribution in [0.3, 0.4) is 0 Å². The maximum atomic E-state index is 4.70. The van der Waals surface area contributed by atoms with E-state index in [2.05, 4.69) is 47.4 Å². The first-order valence-corrected chi connectivity index (χ1v) is 7.49. The summed E-state index contributed by atoms with van der Waals surface area (Å²) in [6.45, 7) is 6.79. The Morgan fingerprint density at radius 1 is 1.05 bits per heavy atom. The maximum Gasteiger partial charge on any atom is 0.128 e. The standard InChI is InChI=1S/C17H24N4/c1-4-11-18-12-15-8-6-10-17(20-15)21(3)13-16-9-5-7-14(2)19-16/h5-10,18H,4,11-13H2,1-3H3. The van der Waals surface area contributed by atoms with E-state index in [0.29, 0.717) is 0 Å². The zero-order chi connectivity index (χ0) is 15.1. The molecule has 0 atom stereocenters. The van der Waals surface area contributed by atoms with Crippen LogP contribution in [-0.4, -0.2) is 23.6 Å². The third kappa shape index (κ3) is 4.83. The zero-order valence-electron chi connectivity index (χ0n) is 13.1. The highest BCUT2D eigenvalue weighted by Gasteiger charge is 2.05. The minimum absolute atomic E-state index is 0.764. The Hall–Kier alpha value is -1.94. The second kappa shape index (κ2) is 7.74. The van der Waals surface area contributed by atoms with E-state index in [4.69, 9.17) is 4.98 Å². The SMILES string of the molecule is CCCNCc1cccc(N(C)Cc2cccc(C)n2)n1. The monoisotopic (exact) mass is 284 g/mol. The van der Waals surface area contributed by atoms with Gasteiger partial charge < -0.3 is 10.2 Å². The molecule has 0 aliphatic rings. The molecule has 0 saturated heterocycles. The topological polar surface area (TPSA) is 41.0 Å². The highest BCUT2D eigenvalue weighted by atomic mass is 15.2. The Morgan fingerprint density at radius 2 is 1.81 bits per heavy atom. The zero-order valence-corrected chi connectivity index (χ0v) is 13.1. The molecule has 0 aliphatic carbocycles. The molecule has 2 heterocycles. The van der Waals surface area contributed by atoms with E-state index in [9.17, 15) is 0 Å². The van der Waals surface area contributed by atoms with Gasteiger partial charge in [0.1, 0.15) is 5.82 Å². The summed E-state index contributed by atoms with van der Waals surface area (Å²) in [5, 5.41) is 3.38. The van der Waals surface area contributed by atoms with Gasteiger partial charge in [-0.25, -0.2) is 4.98 Å². The van der Waals surface area contributed by atoms with Crippen molar-refractivity contribution in [2.24, 2.45) is 0 Å². The highest BCUT2D eigenvalue weighted by Crippen LogP contribution is 2.12. The van der Waals surface area contributed by atoms with Crippen LogP contribution in [0.2, 0.25) is 0 Å². The average Bonchev–Trinajstić information content (AvgIpc) is 2.48. The molecule has 1 N–H and O–H groups in total. The molecule has 0 aliphatic heterocycles. The molecule has 0 radical (unpaired) electrons. The Labute approximate surface area is 127 Å². The van der Waals surface area contributed by atoms with Gasteiger partial charge in [0.25, 0.3) is 0 Å². The van der Waals surface area contributed by atoms with Crippen LogP contribution in [-0.2, 0) is 13.1 Å². The van der Waals surface area contributed by atoms with Crippen molar-refractivity contribution >= 4 is 5.82 Å². The van der Waals surface area contributed by atoms with Crippen molar-refractivity contribution in [2.45, 2.75) is 33.4 Å². The fourth-order valence-corrected chi connectivity index (χ4v) is 2.18. The van der Waals surface area contributed by atoms with Crippen LogP contribution in [0.15, 0.2) is 36.4 Å². The summed E-state index contributed by atoms with van der Waals surface area (Å²) in [4.78, 5) is 11.4.